The lowest BCUT2D eigenvalue weighted by Crippen LogP contribution is -1.95. The summed E-state index contributed by atoms with van der Waals surface area (Å²) in [5, 5.41) is 8.56. The van der Waals surface area contributed by atoms with E-state index in [1.54, 1.807) is 6.20 Å². The van der Waals surface area contributed by atoms with E-state index in [0.29, 0.717) is 4.88 Å². The van der Waals surface area contributed by atoms with Crippen molar-refractivity contribution in [2.75, 3.05) is 0 Å². The number of carboxylic acids is 1. The summed E-state index contributed by atoms with van der Waals surface area (Å²) >= 11 is 1.03. The van der Waals surface area contributed by atoms with Crippen LogP contribution in [0.25, 0.3) is 0 Å². The molecule has 10 heavy (non-hydrogen) atoms. The van der Waals surface area contributed by atoms with Gasteiger partial charge in [-0.05, 0) is 23.5 Å². The first-order chi connectivity index (χ1) is 4.75. The zero-order chi connectivity index (χ0) is 7.56. The number of rotatable bonds is 2. The fourth-order valence-corrected chi connectivity index (χ4v) is 1.37. The van der Waals surface area contributed by atoms with Gasteiger partial charge in [0.25, 0.3) is 0 Å². The third kappa shape index (κ3) is 1.16. The van der Waals surface area contributed by atoms with Gasteiger partial charge in [-0.15, -0.1) is 0 Å². The van der Waals surface area contributed by atoms with Gasteiger partial charge < -0.3 is 5.11 Å². The van der Waals surface area contributed by atoms with Crippen LogP contribution in [0.15, 0.2) is 6.20 Å². The largest absolute Gasteiger partial charge is 0.477 e. The van der Waals surface area contributed by atoms with E-state index in [4.69, 9.17) is 5.11 Å². The van der Waals surface area contributed by atoms with Crippen LogP contribution in [0.5, 0.6) is 0 Å². The quantitative estimate of drug-likeness (QED) is 0.706. The van der Waals surface area contributed by atoms with Crippen LogP contribution >= 0.6 is 11.5 Å². The molecule has 0 aliphatic rings. The van der Waals surface area contributed by atoms with Crippen molar-refractivity contribution >= 4 is 17.5 Å². The van der Waals surface area contributed by atoms with Crippen LogP contribution in [-0.4, -0.2) is 15.4 Å². The van der Waals surface area contributed by atoms with Gasteiger partial charge in [-0.25, -0.2) is 9.17 Å². The molecule has 0 bridgehead atoms. The number of aromatic carboxylic acids is 1. The molecule has 0 radical (unpaired) electrons. The first-order valence-corrected chi connectivity index (χ1v) is 3.70. The summed E-state index contributed by atoms with van der Waals surface area (Å²) in [7, 11) is 0. The van der Waals surface area contributed by atoms with Crippen molar-refractivity contribution in [3.05, 3.63) is 16.6 Å². The van der Waals surface area contributed by atoms with Crippen molar-refractivity contribution in [3.63, 3.8) is 0 Å². The number of hydrogen-bond acceptors (Lipinski definition) is 3. The molecule has 4 heteroatoms. The molecule has 1 aromatic heterocycles. The van der Waals surface area contributed by atoms with Crippen molar-refractivity contribution in [3.8, 4) is 0 Å². The maximum absolute atomic E-state index is 10.4. The molecule has 1 aromatic rings. The van der Waals surface area contributed by atoms with Crippen molar-refractivity contribution in [2.24, 2.45) is 0 Å². The molecule has 3 nitrogen and oxygen atoms in total. The van der Waals surface area contributed by atoms with E-state index in [1.165, 1.54) is 0 Å². The van der Waals surface area contributed by atoms with Gasteiger partial charge >= 0.3 is 5.97 Å². The highest BCUT2D eigenvalue weighted by molar-refractivity contribution is 7.08. The fraction of sp³-hybridized carbons (Fsp3) is 0.333. The predicted molar refractivity (Wildman–Crippen MR) is 38.5 cm³/mol. The Hall–Kier alpha value is -0.900. The van der Waals surface area contributed by atoms with Gasteiger partial charge in [0, 0.05) is 6.20 Å². The number of hydrogen-bond donors (Lipinski definition) is 1. The topological polar surface area (TPSA) is 50.2 Å². The molecule has 1 heterocycles. The number of nitrogens with zero attached hydrogens (tertiary/aromatic N) is 1. The van der Waals surface area contributed by atoms with Crippen LogP contribution in [0, 0.1) is 0 Å². The molecule has 1 N–H and O–H groups in total. The second-order valence-electron chi connectivity index (χ2n) is 1.84. The minimum absolute atomic E-state index is 0.363. The second kappa shape index (κ2) is 2.79. The van der Waals surface area contributed by atoms with Gasteiger partial charge in [0.1, 0.15) is 4.88 Å². The molecule has 0 amide bonds. The smallest absolute Gasteiger partial charge is 0.347 e. The summed E-state index contributed by atoms with van der Waals surface area (Å²) in [6, 6.07) is 0. The van der Waals surface area contributed by atoms with E-state index in [1.807, 2.05) is 6.92 Å². The van der Waals surface area contributed by atoms with Crippen LogP contribution < -0.4 is 0 Å². The number of carbonyl (C=O) groups is 1. The summed E-state index contributed by atoms with van der Waals surface area (Å²) in [5.41, 5.74) is 0.817. The maximum Gasteiger partial charge on any atom is 0.347 e. The summed E-state index contributed by atoms with van der Waals surface area (Å²) < 4.78 is 3.78. The van der Waals surface area contributed by atoms with Crippen LogP contribution in [-0.2, 0) is 6.42 Å². The molecule has 0 saturated heterocycles. The average molecular weight is 157 g/mol. The zero-order valence-electron chi connectivity index (χ0n) is 5.50. The van der Waals surface area contributed by atoms with E-state index < -0.39 is 5.97 Å². The van der Waals surface area contributed by atoms with Gasteiger partial charge in [0.15, 0.2) is 0 Å². The van der Waals surface area contributed by atoms with Crippen molar-refractivity contribution in [1.82, 2.24) is 4.37 Å². The molecule has 54 valence electrons. The minimum Gasteiger partial charge on any atom is -0.477 e. The van der Waals surface area contributed by atoms with Gasteiger partial charge in [-0.1, -0.05) is 6.92 Å². The summed E-state index contributed by atoms with van der Waals surface area (Å²) in [4.78, 5) is 10.8. The Morgan fingerprint density at radius 1 is 1.90 bits per heavy atom. The monoisotopic (exact) mass is 157 g/mol. The average Bonchev–Trinajstić information content (AvgIpc) is 2.33. The second-order valence-corrected chi connectivity index (χ2v) is 2.64. The molecule has 0 spiro atoms. The highest BCUT2D eigenvalue weighted by Gasteiger charge is 2.10. The van der Waals surface area contributed by atoms with E-state index in [9.17, 15) is 4.79 Å². The molecule has 1 rings (SSSR count). The third-order valence-electron chi connectivity index (χ3n) is 1.22. The molecular weight excluding hydrogens is 150 g/mol. The Balaban J connectivity index is 3.01. The van der Waals surface area contributed by atoms with Crippen LogP contribution in [0.4, 0.5) is 0 Å². The van der Waals surface area contributed by atoms with E-state index in [2.05, 4.69) is 4.37 Å². The number of carboxylic acid groups (broad SMARTS) is 1. The normalized spacial score (nSPS) is 9.70. The standard InChI is InChI=1S/C6H7NO2S/c1-2-4-3-7-10-5(4)6(8)9/h3H,2H2,1H3,(H,8,9). The van der Waals surface area contributed by atoms with Crippen molar-refractivity contribution in [2.45, 2.75) is 13.3 Å². The SMILES string of the molecule is CCc1cnsc1C(=O)O. The minimum atomic E-state index is -0.876. The lowest BCUT2D eigenvalue weighted by Gasteiger charge is -1.89. The Labute approximate surface area is 62.5 Å². The summed E-state index contributed by atoms with van der Waals surface area (Å²) in [6.07, 6.45) is 2.34. The molecule has 0 saturated carbocycles. The number of aromatic nitrogens is 1. The molecule has 0 aromatic carbocycles. The Morgan fingerprint density at radius 3 is 3.00 bits per heavy atom. The lowest BCUT2D eigenvalue weighted by atomic mass is 10.2. The van der Waals surface area contributed by atoms with Crippen LogP contribution in [0.1, 0.15) is 22.2 Å². The van der Waals surface area contributed by atoms with Crippen molar-refractivity contribution < 1.29 is 9.90 Å². The van der Waals surface area contributed by atoms with E-state index in [-0.39, 0.29) is 0 Å². The Kier molecular flexibility index (Phi) is 2.01. The van der Waals surface area contributed by atoms with Crippen LogP contribution in [0.3, 0.4) is 0 Å². The van der Waals surface area contributed by atoms with Gasteiger partial charge in [-0.3, -0.25) is 0 Å². The highest BCUT2D eigenvalue weighted by Crippen LogP contribution is 2.13. The highest BCUT2D eigenvalue weighted by atomic mass is 32.1. The predicted octanol–water partition coefficient (Wildman–Crippen LogP) is 1.40. The van der Waals surface area contributed by atoms with Crippen molar-refractivity contribution in [1.29, 1.82) is 0 Å². The first kappa shape index (κ1) is 7.21. The zero-order valence-corrected chi connectivity index (χ0v) is 6.31. The Morgan fingerprint density at radius 2 is 2.60 bits per heavy atom. The molecule has 0 aliphatic carbocycles. The first-order valence-electron chi connectivity index (χ1n) is 2.92. The maximum atomic E-state index is 10.4. The van der Waals surface area contributed by atoms with Gasteiger partial charge in [0.05, 0.1) is 0 Å². The molecule has 0 unspecified atom stereocenters. The van der Waals surface area contributed by atoms with Gasteiger partial charge in [-0.2, -0.15) is 0 Å². The van der Waals surface area contributed by atoms with E-state index in [0.717, 1.165) is 23.5 Å². The lowest BCUT2D eigenvalue weighted by molar-refractivity contribution is 0.0701. The van der Waals surface area contributed by atoms with Crippen LogP contribution in [0.2, 0.25) is 0 Å². The summed E-state index contributed by atoms with van der Waals surface area (Å²) in [6.45, 7) is 1.91. The Bertz CT molecular complexity index is 244. The number of aryl methyl sites for hydroxylation is 1. The molecule has 0 aliphatic heterocycles. The fourth-order valence-electron chi connectivity index (χ4n) is 0.688. The van der Waals surface area contributed by atoms with E-state index >= 15 is 0 Å². The summed E-state index contributed by atoms with van der Waals surface area (Å²) in [5.74, 6) is -0.876. The van der Waals surface area contributed by atoms with Gasteiger partial charge in [0.2, 0.25) is 0 Å². The molecular formula is C6H7NO2S. The third-order valence-corrected chi connectivity index (χ3v) is 2.05. The molecule has 0 fully saturated rings. The molecule has 0 atom stereocenters.